The molecule has 134 valence electrons. The second kappa shape index (κ2) is 9.33. The van der Waals surface area contributed by atoms with Crippen molar-refractivity contribution in [3.63, 3.8) is 0 Å². The molecule has 24 heavy (non-hydrogen) atoms. The van der Waals surface area contributed by atoms with Crippen LogP contribution in [0.15, 0.2) is 30.3 Å². The number of aryl methyl sites for hydroxylation is 1. The zero-order chi connectivity index (χ0) is 17.4. The molecule has 1 aliphatic rings. The van der Waals surface area contributed by atoms with Crippen LogP contribution in [-0.4, -0.2) is 37.3 Å². The summed E-state index contributed by atoms with van der Waals surface area (Å²) < 4.78 is 26.2. The monoisotopic (exact) mass is 351 g/mol. The van der Waals surface area contributed by atoms with E-state index in [-0.39, 0.29) is 17.5 Å². The number of hydrogen-bond acceptors (Lipinski definition) is 3. The Morgan fingerprint density at radius 3 is 2.67 bits per heavy atom. The van der Waals surface area contributed by atoms with E-state index < -0.39 is 10.0 Å². The fourth-order valence-electron chi connectivity index (χ4n) is 3.23. The SMILES string of the molecule is CCCCS(=O)(=O)N1CCCC(C(=O)CCCc2ccccc2)C1. The number of nitrogens with zero attached hydrogens (tertiary/aromatic N) is 1. The minimum atomic E-state index is -3.19. The molecule has 0 radical (unpaired) electrons. The molecular formula is C19H29NO3S. The molecular weight excluding hydrogens is 322 g/mol. The largest absolute Gasteiger partial charge is 0.299 e. The first-order valence-corrected chi connectivity index (χ1v) is 10.7. The van der Waals surface area contributed by atoms with Gasteiger partial charge in [0.05, 0.1) is 5.75 Å². The summed E-state index contributed by atoms with van der Waals surface area (Å²) in [7, 11) is -3.19. The van der Waals surface area contributed by atoms with Gasteiger partial charge in [-0.2, -0.15) is 0 Å². The summed E-state index contributed by atoms with van der Waals surface area (Å²) in [6, 6.07) is 10.2. The van der Waals surface area contributed by atoms with E-state index in [1.165, 1.54) is 5.56 Å². The highest BCUT2D eigenvalue weighted by atomic mass is 32.2. The lowest BCUT2D eigenvalue weighted by Gasteiger charge is -2.31. The number of sulfonamides is 1. The van der Waals surface area contributed by atoms with Crippen molar-refractivity contribution in [3.05, 3.63) is 35.9 Å². The Labute approximate surface area is 146 Å². The van der Waals surface area contributed by atoms with Crippen molar-refractivity contribution < 1.29 is 13.2 Å². The third-order valence-corrected chi connectivity index (χ3v) is 6.64. The molecule has 1 aromatic carbocycles. The van der Waals surface area contributed by atoms with E-state index in [9.17, 15) is 13.2 Å². The summed E-state index contributed by atoms with van der Waals surface area (Å²) in [5.74, 6) is 0.311. The van der Waals surface area contributed by atoms with Crippen LogP contribution in [-0.2, 0) is 21.2 Å². The smallest absolute Gasteiger partial charge is 0.214 e. The first-order chi connectivity index (χ1) is 11.5. The van der Waals surface area contributed by atoms with Crippen molar-refractivity contribution in [2.45, 2.75) is 51.9 Å². The van der Waals surface area contributed by atoms with Gasteiger partial charge in [-0.05, 0) is 37.7 Å². The summed E-state index contributed by atoms with van der Waals surface area (Å²) in [5, 5.41) is 0. The number of benzene rings is 1. The van der Waals surface area contributed by atoms with E-state index in [1.54, 1.807) is 4.31 Å². The van der Waals surface area contributed by atoms with Crippen molar-refractivity contribution in [3.8, 4) is 0 Å². The number of Topliss-reactive ketones (excluding diaryl/α,β-unsaturated/α-hetero) is 1. The van der Waals surface area contributed by atoms with Crippen molar-refractivity contribution in [1.29, 1.82) is 0 Å². The van der Waals surface area contributed by atoms with Gasteiger partial charge in [-0.15, -0.1) is 0 Å². The summed E-state index contributed by atoms with van der Waals surface area (Å²) in [6.07, 6.45) is 5.45. The molecule has 1 heterocycles. The third-order valence-electron chi connectivity index (χ3n) is 4.72. The highest BCUT2D eigenvalue weighted by molar-refractivity contribution is 7.89. The molecule has 5 heteroatoms. The van der Waals surface area contributed by atoms with E-state index in [0.717, 1.165) is 32.1 Å². The number of carbonyl (C=O) groups is 1. The molecule has 1 aromatic rings. The Kier molecular flexibility index (Phi) is 7.43. The van der Waals surface area contributed by atoms with Crippen molar-refractivity contribution in [2.75, 3.05) is 18.8 Å². The topological polar surface area (TPSA) is 54.5 Å². The Bertz CT molecular complexity index is 613. The number of piperidine rings is 1. The van der Waals surface area contributed by atoms with Gasteiger partial charge in [0.1, 0.15) is 5.78 Å². The van der Waals surface area contributed by atoms with Crippen LogP contribution < -0.4 is 0 Å². The second-order valence-electron chi connectivity index (χ2n) is 6.67. The number of hydrogen-bond donors (Lipinski definition) is 0. The fraction of sp³-hybridized carbons (Fsp3) is 0.632. The molecule has 0 N–H and O–H groups in total. The average Bonchev–Trinajstić information content (AvgIpc) is 2.61. The third kappa shape index (κ3) is 5.71. The van der Waals surface area contributed by atoms with Gasteiger partial charge in [0.25, 0.3) is 0 Å². The average molecular weight is 352 g/mol. The molecule has 4 nitrogen and oxygen atoms in total. The first-order valence-electron chi connectivity index (χ1n) is 9.07. The van der Waals surface area contributed by atoms with Crippen LogP contribution in [0.1, 0.15) is 51.0 Å². The van der Waals surface area contributed by atoms with E-state index in [4.69, 9.17) is 0 Å². The standard InChI is InChI=1S/C19H29NO3S/c1-2-3-15-24(22,23)20-14-8-12-18(16-20)19(21)13-7-11-17-9-5-4-6-10-17/h4-6,9-10,18H,2-3,7-8,11-16H2,1H3. The maximum absolute atomic E-state index is 12.5. The van der Waals surface area contributed by atoms with E-state index >= 15 is 0 Å². The van der Waals surface area contributed by atoms with Gasteiger partial charge in [-0.1, -0.05) is 43.7 Å². The fourth-order valence-corrected chi connectivity index (χ4v) is 4.96. The lowest BCUT2D eigenvalue weighted by molar-refractivity contribution is -0.124. The van der Waals surface area contributed by atoms with Crippen LogP contribution in [0.4, 0.5) is 0 Å². The number of ketones is 1. The van der Waals surface area contributed by atoms with Crippen LogP contribution in [0.25, 0.3) is 0 Å². The molecule has 1 aliphatic heterocycles. The molecule has 0 spiro atoms. The van der Waals surface area contributed by atoms with Crippen LogP contribution >= 0.6 is 0 Å². The van der Waals surface area contributed by atoms with Gasteiger partial charge >= 0.3 is 0 Å². The molecule has 1 saturated heterocycles. The molecule has 0 aliphatic carbocycles. The van der Waals surface area contributed by atoms with E-state index in [2.05, 4.69) is 12.1 Å². The highest BCUT2D eigenvalue weighted by Crippen LogP contribution is 2.22. The molecule has 0 aromatic heterocycles. The van der Waals surface area contributed by atoms with Gasteiger partial charge in [0, 0.05) is 25.4 Å². The molecule has 0 saturated carbocycles. The second-order valence-corrected chi connectivity index (χ2v) is 8.76. The quantitative estimate of drug-likeness (QED) is 0.685. The lowest BCUT2D eigenvalue weighted by atomic mass is 9.92. The zero-order valence-corrected chi connectivity index (χ0v) is 15.4. The van der Waals surface area contributed by atoms with E-state index in [1.807, 2.05) is 25.1 Å². The summed E-state index contributed by atoms with van der Waals surface area (Å²) in [6.45, 7) is 2.95. The Morgan fingerprint density at radius 1 is 1.21 bits per heavy atom. The van der Waals surface area contributed by atoms with Crippen LogP contribution in [0.3, 0.4) is 0 Å². The highest BCUT2D eigenvalue weighted by Gasteiger charge is 2.31. The van der Waals surface area contributed by atoms with Gasteiger partial charge in [0.2, 0.25) is 10.0 Å². The lowest BCUT2D eigenvalue weighted by Crippen LogP contribution is -2.43. The van der Waals surface area contributed by atoms with Gasteiger partial charge < -0.3 is 0 Å². The molecule has 2 rings (SSSR count). The van der Waals surface area contributed by atoms with Crippen LogP contribution in [0.5, 0.6) is 0 Å². The Hall–Kier alpha value is -1.20. The maximum atomic E-state index is 12.5. The predicted octanol–water partition coefficient (Wildman–Crippen LogP) is 3.42. The van der Waals surface area contributed by atoms with Crippen molar-refractivity contribution in [2.24, 2.45) is 5.92 Å². The van der Waals surface area contributed by atoms with Crippen molar-refractivity contribution in [1.82, 2.24) is 4.31 Å². The molecule has 0 amide bonds. The molecule has 0 bridgehead atoms. The summed E-state index contributed by atoms with van der Waals surface area (Å²) in [5.41, 5.74) is 1.25. The summed E-state index contributed by atoms with van der Waals surface area (Å²) in [4.78, 5) is 12.5. The van der Waals surface area contributed by atoms with Gasteiger partial charge in [-0.3, -0.25) is 4.79 Å². The van der Waals surface area contributed by atoms with E-state index in [0.29, 0.717) is 25.9 Å². The normalized spacial score (nSPS) is 19.3. The van der Waals surface area contributed by atoms with Gasteiger partial charge in [0.15, 0.2) is 0 Å². The minimum Gasteiger partial charge on any atom is -0.299 e. The minimum absolute atomic E-state index is 0.120. The molecule has 1 unspecified atom stereocenters. The first kappa shape index (κ1) is 19.1. The van der Waals surface area contributed by atoms with Gasteiger partial charge in [-0.25, -0.2) is 12.7 Å². The Morgan fingerprint density at radius 2 is 1.96 bits per heavy atom. The van der Waals surface area contributed by atoms with Crippen LogP contribution in [0, 0.1) is 5.92 Å². The number of unbranched alkanes of at least 4 members (excludes halogenated alkanes) is 1. The molecule has 1 atom stereocenters. The Balaban J connectivity index is 1.81. The predicted molar refractivity (Wildman–Crippen MR) is 97.4 cm³/mol. The maximum Gasteiger partial charge on any atom is 0.214 e. The number of rotatable bonds is 9. The zero-order valence-electron chi connectivity index (χ0n) is 14.6. The molecule has 1 fully saturated rings. The van der Waals surface area contributed by atoms with Crippen LogP contribution in [0.2, 0.25) is 0 Å². The number of carbonyl (C=O) groups excluding carboxylic acids is 1. The van der Waals surface area contributed by atoms with Crippen molar-refractivity contribution >= 4 is 15.8 Å². The summed E-state index contributed by atoms with van der Waals surface area (Å²) >= 11 is 0.